The van der Waals surface area contributed by atoms with E-state index in [9.17, 15) is 24.3 Å². The molecule has 12 heteroatoms. The molecule has 2 N–H and O–H groups in total. The summed E-state index contributed by atoms with van der Waals surface area (Å²) in [5, 5.41) is 18.1. The van der Waals surface area contributed by atoms with E-state index in [-0.39, 0.29) is 41.8 Å². The van der Waals surface area contributed by atoms with Crippen LogP contribution in [0.15, 0.2) is 83.7 Å². The van der Waals surface area contributed by atoms with Gasteiger partial charge in [-0.05, 0) is 80.6 Å². The lowest BCUT2D eigenvalue weighted by molar-refractivity contribution is 0.0544. The van der Waals surface area contributed by atoms with Crippen molar-refractivity contribution in [2.24, 2.45) is 7.05 Å². The first-order chi connectivity index (χ1) is 26.1. The van der Waals surface area contributed by atoms with Crippen LogP contribution in [0.5, 0.6) is 0 Å². The average Bonchev–Trinajstić information content (AvgIpc) is 3.68. The van der Waals surface area contributed by atoms with Crippen molar-refractivity contribution in [1.29, 1.82) is 0 Å². The molecular weight excluding hydrogens is 683 g/mol. The molecule has 282 valence electrons. The van der Waals surface area contributed by atoms with Crippen molar-refractivity contribution in [3.8, 4) is 11.4 Å². The standard InChI is InChI=1S/C42H49N7O5/c1-6-8-21-46(22-9-7-2)41(53)36-23-28(3)48(44-36)37-20-19-32(25-35(37)40(52)47-26-31-16-14-13-15-30(31)24-34(47)27-50)43-39(51)38-29(4)45(5)49(42(38)54)33-17-11-10-12-18-33/h10-20,23,25,34,50H,6-9,21-22,24,26-27H2,1-5H3,(H,43,51). The van der Waals surface area contributed by atoms with E-state index in [4.69, 9.17) is 5.10 Å². The number of hydrogen-bond donors (Lipinski definition) is 2. The van der Waals surface area contributed by atoms with Gasteiger partial charge in [-0.1, -0.05) is 69.2 Å². The number of nitrogens with one attached hydrogen (secondary N) is 1. The molecule has 0 spiro atoms. The maximum Gasteiger partial charge on any atom is 0.284 e. The Labute approximate surface area is 315 Å². The van der Waals surface area contributed by atoms with Crippen LogP contribution in [0.4, 0.5) is 5.69 Å². The van der Waals surface area contributed by atoms with E-state index in [1.54, 1.807) is 64.6 Å². The Bertz CT molecular complexity index is 2210. The number of aliphatic hydroxyl groups excluding tert-OH is 1. The Morgan fingerprint density at radius 1 is 0.907 bits per heavy atom. The van der Waals surface area contributed by atoms with Gasteiger partial charge in [0.15, 0.2) is 5.69 Å². The number of carbonyl (C=O) groups is 3. The Balaban J connectivity index is 1.40. The molecule has 3 heterocycles. The molecule has 3 aromatic carbocycles. The molecule has 1 aliphatic heterocycles. The van der Waals surface area contributed by atoms with Crippen molar-refractivity contribution in [1.82, 2.24) is 28.9 Å². The Morgan fingerprint density at radius 3 is 2.24 bits per heavy atom. The van der Waals surface area contributed by atoms with Gasteiger partial charge in [0.2, 0.25) is 0 Å². The summed E-state index contributed by atoms with van der Waals surface area (Å²) in [7, 11) is 1.72. The van der Waals surface area contributed by atoms with Crippen LogP contribution in [-0.2, 0) is 20.0 Å². The van der Waals surface area contributed by atoms with Gasteiger partial charge in [0.25, 0.3) is 23.3 Å². The zero-order chi connectivity index (χ0) is 38.5. The highest BCUT2D eigenvalue weighted by Crippen LogP contribution is 2.29. The summed E-state index contributed by atoms with van der Waals surface area (Å²) in [6, 6.07) is 23.1. The number of benzene rings is 3. The van der Waals surface area contributed by atoms with Crippen LogP contribution < -0.4 is 10.9 Å². The number of hydrogen-bond acceptors (Lipinski definition) is 6. The number of para-hydroxylation sites is 1. The summed E-state index contributed by atoms with van der Waals surface area (Å²) in [5.41, 5.74) is 4.53. The maximum atomic E-state index is 14.7. The van der Waals surface area contributed by atoms with E-state index >= 15 is 0 Å². The number of carbonyl (C=O) groups excluding carboxylic acids is 3. The predicted molar refractivity (Wildman–Crippen MR) is 209 cm³/mol. The number of fused-ring (bicyclic) bond motifs is 1. The molecule has 3 amide bonds. The molecule has 2 aromatic heterocycles. The normalized spacial score (nSPS) is 13.8. The number of aryl methyl sites for hydroxylation is 1. The third kappa shape index (κ3) is 7.52. The highest BCUT2D eigenvalue weighted by molar-refractivity contribution is 6.06. The Kier molecular flexibility index (Phi) is 11.6. The second kappa shape index (κ2) is 16.5. The van der Waals surface area contributed by atoms with E-state index in [0.29, 0.717) is 48.0 Å². The molecule has 0 radical (unpaired) electrons. The minimum absolute atomic E-state index is 0.0203. The van der Waals surface area contributed by atoms with Crippen LogP contribution in [0, 0.1) is 13.8 Å². The first kappa shape index (κ1) is 38.0. The molecular formula is C42H49N7O5. The number of rotatable bonds is 13. The lowest BCUT2D eigenvalue weighted by Gasteiger charge is -2.36. The van der Waals surface area contributed by atoms with Crippen LogP contribution in [-0.4, -0.2) is 77.5 Å². The van der Waals surface area contributed by atoms with Gasteiger partial charge < -0.3 is 20.2 Å². The highest BCUT2D eigenvalue weighted by Gasteiger charge is 2.32. The predicted octanol–water partition coefficient (Wildman–Crippen LogP) is 5.83. The van der Waals surface area contributed by atoms with Crippen LogP contribution >= 0.6 is 0 Å². The molecule has 0 saturated carbocycles. The van der Waals surface area contributed by atoms with Gasteiger partial charge in [-0.25, -0.2) is 9.36 Å². The number of aliphatic hydroxyl groups is 1. The van der Waals surface area contributed by atoms with E-state index in [1.165, 1.54) is 4.68 Å². The first-order valence-corrected chi connectivity index (χ1v) is 18.7. The third-order valence-corrected chi connectivity index (χ3v) is 10.3. The fourth-order valence-corrected chi connectivity index (χ4v) is 7.13. The van der Waals surface area contributed by atoms with Gasteiger partial charge in [0.1, 0.15) is 5.56 Å². The van der Waals surface area contributed by atoms with Crippen LogP contribution in [0.25, 0.3) is 11.4 Å². The van der Waals surface area contributed by atoms with Crippen molar-refractivity contribution in [2.75, 3.05) is 25.0 Å². The van der Waals surface area contributed by atoms with Crippen LogP contribution in [0.2, 0.25) is 0 Å². The van der Waals surface area contributed by atoms with Gasteiger partial charge in [0, 0.05) is 38.1 Å². The van der Waals surface area contributed by atoms with Crippen molar-refractivity contribution < 1.29 is 19.5 Å². The van der Waals surface area contributed by atoms with E-state index in [2.05, 4.69) is 19.2 Å². The molecule has 12 nitrogen and oxygen atoms in total. The van der Waals surface area contributed by atoms with Gasteiger partial charge in [-0.2, -0.15) is 5.10 Å². The fraction of sp³-hybridized carbons (Fsp3) is 0.357. The average molecular weight is 732 g/mol. The molecule has 5 aromatic rings. The molecule has 0 saturated heterocycles. The summed E-state index contributed by atoms with van der Waals surface area (Å²) >= 11 is 0. The van der Waals surface area contributed by atoms with Crippen molar-refractivity contribution in [3.63, 3.8) is 0 Å². The molecule has 1 unspecified atom stereocenters. The fourth-order valence-electron chi connectivity index (χ4n) is 7.13. The zero-order valence-electron chi connectivity index (χ0n) is 31.7. The van der Waals surface area contributed by atoms with E-state index in [0.717, 1.165) is 36.8 Å². The maximum absolute atomic E-state index is 14.7. The minimum Gasteiger partial charge on any atom is -0.394 e. The monoisotopic (exact) mass is 731 g/mol. The van der Waals surface area contributed by atoms with Gasteiger partial charge in [-0.15, -0.1) is 0 Å². The van der Waals surface area contributed by atoms with Crippen molar-refractivity contribution >= 4 is 23.4 Å². The molecule has 0 fully saturated rings. The molecule has 0 aliphatic carbocycles. The molecule has 0 bridgehead atoms. The summed E-state index contributed by atoms with van der Waals surface area (Å²) in [6.45, 7) is 9.04. The van der Waals surface area contributed by atoms with Crippen molar-refractivity contribution in [3.05, 3.63) is 129 Å². The van der Waals surface area contributed by atoms with E-state index < -0.39 is 17.5 Å². The first-order valence-electron chi connectivity index (χ1n) is 18.7. The number of nitrogens with zero attached hydrogens (tertiary/aromatic N) is 6. The molecule has 6 rings (SSSR count). The van der Waals surface area contributed by atoms with Gasteiger partial charge >= 0.3 is 0 Å². The molecule has 1 atom stereocenters. The Hall–Kier alpha value is -5.75. The third-order valence-electron chi connectivity index (χ3n) is 10.3. The number of unbranched alkanes of at least 4 members (excludes halogenated alkanes) is 2. The Morgan fingerprint density at radius 2 is 1.57 bits per heavy atom. The van der Waals surface area contributed by atoms with Crippen LogP contribution in [0.3, 0.4) is 0 Å². The number of amides is 3. The minimum atomic E-state index is -0.614. The highest BCUT2D eigenvalue weighted by atomic mass is 16.3. The largest absolute Gasteiger partial charge is 0.394 e. The second-order valence-corrected chi connectivity index (χ2v) is 13.9. The van der Waals surface area contributed by atoms with Crippen LogP contribution in [0.1, 0.15) is 93.2 Å². The summed E-state index contributed by atoms with van der Waals surface area (Å²) in [6.07, 6.45) is 4.17. The van der Waals surface area contributed by atoms with Gasteiger partial charge in [-0.3, -0.25) is 23.9 Å². The lowest BCUT2D eigenvalue weighted by Crippen LogP contribution is -2.46. The molecule has 54 heavy (non-hydrogen) atoms. The quantitative estimate of drug-likeness (QED) is 0.157. The van der Waals surface area contributed by atoms with Crippen molar-refractivity contribution in [2.45, 2.75) is 72.4 Å². The lowest BCUT2D eigenvalue weighted by atomic mass is 9.93. The number of anilines is 1. The number of aromatic nitrogens is 4. The van der Waals surface area contributed by atoms with Gasteiger partial charge in [0.05, 0.1) is 35.3 Å². The summed E-state index contributed by atoms with van der Waals surface area (Å²) < 4.78 is 4.67. The summed E-state index contributed by atoms with van der Waals surface area (Å²) in [4.78, 5) is 59.5. The summed E-state index contributed by atoms with van der Waals surface area (Å²) in [5.74, 6) is -1.15. The zero-order valence-corrected chi connectivity index (χ0v) is 31.7. The SMILES string of the molecule is CCCCN(CCCC)C(=O)c1cc(C)n(-c2ccc(NC(=O)c3c(C)n(C)n(-c4ccccc4)c3=O)cc2C(=O)N2Cc3ccccc3CC2CO)n1. The topological polar surface area (TPSA) is 135 Å². The van der Waals surface area contributed by atoms with E-state index in [1.807, 2.05) is 54.3 Å². The smallest absolute Gasteiger partial charge is 0.284 e. The molecule has 1 aliphatic rings. The second-order valence-electron chi connectivity index (χ2n) is 13.9.